The van der Waals surface area contributed by atoms with Crippen molar-refractivity contribution in [2.75, 3.05) is 6.54 Å². The molecule has 0 aliphatic rings. The minimum Gasteiger partial charge on any atom is -0.389 e. The second-order valence-electron chi connectivity index (χ2n) is 4.45. The SMILES string of the molecule is CCCCCNS(=O)(=O)c1ccc(C(N)=S)cc1C. The number of benzene rings is 1. The lowest BCUT2D eigenvalue weighted by molar-refractivity contribution is 0.575. The largest absolute Gasteiger partial charge is 0.389 e. The predicted molar refractivity (Wildman–Crippen MR) is 81.8 cm³/mol. The van der Waals surface area contributed by atoms with E-state index < -0.39 is 10.0 Å². The maximum Gasteiger partial charge on any atom is 0.240 e. The summed E-state index contributed by atoms with van der Waals surface area (Å²) in [6.45, 7) is 4.28. The Kier molecular flexibility index (Phi) is 5.90. The number of rotatable bonds is 7. The number of thiocarbonyl (C=S) groups is 1. The molecule has 0 unspecified atom stereocenters. The fraction of sp³-hybridized carbons (Fsp3) is 0.462. The Morgan fingerprint density at radius 3 is 2.58 bits per heavy atom. The fourth-order valence-electron chi connectivity index (χ4n) is 1.76. The molecule has 0 amide bonds. The van der Waals surface area contributed by atoms with Crippen LogP contribution in [0.15, 0.2) is 23.1 Å². The number of sulfonamides is 1. The van der Waals surface area contributed by atoms with Crippen LogP contribution in [0.1, 0.15) is 37.3 Å². The van der Waals surface area contributed by atoms with E-state index in [1.807, 2.05) is 0 Å². The Bertz CT molecular complexity index is 554. The van der Waals surface area contributed by atoms with Crippen molar-refractivity contribution in [2.45, 2.75) is 38.0 Å². The van der Waals surface area contributed by atoms with Crippen molar-refractivity contribution in [1.29, 1.82) is 0 Å². The number of aryl methyl sites for hydroxylation is 1. The number of nitrogens with one attached hydrogen (secondary N) is 1. The van der Waals surface area contributed by atoms with Gasteiger partial charge in [-0.25, -0.2) is 13.1 Å². The highest BCUT2D eigenvalue weighted by Crippen LogP contribution is 2.16. The summed E-state index contributed by atoms with van der Waals surface area (Å²) < 4.78 is 26.9. The summed E-state index contributed by atoms with van der Waals surface area (Å²) in [5, 5.41) is 0. The lowest BCUT2D eigenvalue weighted by atomic mass is 10.1. The standard InChI is InChI=1S/C13H20N2O2S2/c1-3-4-5-8-15-19(16,17)12-7-6-11(13(14)18)9-10(12)2/h6-7,9,15H,3-5,8H2,1-2H3,(H2,14,18). The van der Waals surface area contributed by atoms with Gasteiger partial charge in [-0.15, -0.1) is 0 Å². The normalized spacial score (nSPS) is 11.5. The van der Waals surface area contributed by atoms with Gasteiger partial charge in [-0.1, -0.05) is 38.0 Å². The van der Waals surface area contributed by atoms with E-state index in [0.29, 0.717) is 17.7 Å². The zero-order valence-electron chi connectivity index (χ0n) is 11.3. The quantitative estimate of drug-likeness (QED) is 0.597. The van der Waals surface area contributed by atoms with E-state index in [1.54, 1.807) is 25.1 Å². The summed E-state index contributed by atoms with van der Waals surface area (Å²) in [6, 6.07) is 4.88. The Labute approximate surface area is 120 Å². The maximum absolute atomic E-state index is 12.1. The first kappa shape index (κ1) is 16.1. The summed E-state index contributed by atoms with van der Waals surface area (Å²) in [7, 11) is -3.45. The Balaban J connectivity index is 2.87. The van der Waals surface area contributed by atoms with Crippen LogP contribution in [0, 0.1) is 6.92 Å². The van der Waals surface area contributed by atoms with Crippen LogP contribution in [0.4, 0.5) is 0 Å². The smallest absolute Gasteiger partial charge is 0.240 e. The highest BCUT2D eigenvalue weighted by molar-refractivity contribution is 7.89. The average molecular weight is 300 g/mol. The third-order valence-corrected chi connectivity index (χ3v) is 4.68. The van der Waals surface area contributed by atoms with Crippen LogP contribution in [0.2, 0.25) is 0 Å². The molecule has 0 spiro atoms. The maximum atomic E-state index is 12.1. The molecule has 0 saturated heterocycles. The van der Waals surface area contributed by atoms with Crippen LogP contribution in [-0.2, 0) is 10.0 Å². The molecule has 0 saturated carbocycles. The fourth-order valence-corrected chi connectivity index (χ4v) is 3.19. The third kappa shape index (κ3) is 4.56. The Morgan fingerprint density at radius 1 is 1.37 bits per heavy atom. The van der Waals surface area contributed by atoms with E-state index in [2.05, 4.69) is 11.6 Å². The zero-order valence-corrected chi connectivity index (χ0v) is 12.9. The van der Waals surface area contributed by atoms with Crippen LogP contribution in [0.3, 0.4) is 0 Å². The first-order valence-corrected chi connectivity index (χ1v) is 8.17. The average Bonchev–Trinajstić information content (AvgIpc) is 2.34. The van der Waals surface area contributed by atoms with Gasteiger partial charge < -0.3 is 5.73 Å². The topological polar surface area (TPSA) is 72.2 Å². The van der Waals surface area contributed by atoms with Crippen LogP contribution < -0.4 is 10.5 Å². The lowest BCUT2D eigenvalue weighted by Crippen LogP contribution is -2.25. The molecule has 0 heterocycles. The van der Waals surface area contributed by atoms with Gasteiger partial charge in [0.1, 0.15) is 4.99 Å². The molecular weight excluding hydrogens is 280 g/mol. The molecule has 1 aromatic carbocycles. The van der Waals surface area contributed by atoms with Crippen molar-refractivity contribution in [3.63, 3.8) is 0 Å². The van der Waals surface area contributed by atoms with Gasteiger partial charge in [0.2, 0.25) is 10.0 Å². The van der Waals surface area contributed by atoms with E-state index in [0.717, 1.165) is 19.3 Å². The van der Waals surface area contributed by atoms with Gasteiger partial charge in [0.05, 0.1) is 4.90 Å². The van der Waals surface area contributed by atoms with Crippen LogP contribution in [0.25, 0.3) is 0 Å². The highest BCUT2D eigenvalue weighted by atomic mass is 32.2. The number of unbranched alkanes of at least 4 members (excludes halogenated alkanes) is 2. The highest BCUT2D eigenvalue weighted by Gasteiger charge is 2.16. The summed E-state index contributed by atoms with van der Waals surface area (Å²) >= 11 is 4.87. The molecule has 0 radical (unpaired) electrons. The summed E-state index contributed by atoms with van der Waals surface area (Å²) in [6.07, 6.45) is 2.92. The van der Waals surface area contributed by atoms with Crippen molar-refractivity contribution >= 4 is 27.2 Å². The van der Waals surface area contributed by atoms with E-state index in [1.165, 1.54) is 0 Å². The van der Waals surface area contributed by atoms with Gasteiger partial charge in [-0.2, -0.15) is 0 Å². The molecule has 1 rings (SSSR count). The van der Waals surface area contributed by atoms with Crippen molar-refractivity contribution in [3.8, 4) is 0 Å². The van der Waals surface area contributed by atoms with Gasteiger partial charge in [0, 0.05) is 12.1 Å². The molecule has 19 heavy (non-hydrogen) atoms. The second-order valence-corrected chi connectivity index (χ2v) is 6.62. The summed E-state index contributed by atoms with van der Waals surface area (Å²) in [5.74, 6) is 0. The lowest BCUT2D eigenvalue weighted by Gasteiger charge is -2.10. The molecular formula is C13H20N2O2S2. The summed E-state index contributed by atoms with van der Waals surface area (Å²) in [5.41, 5.74) is 6.85. The zero-order chi connectivity index (χ0) is 14.5. The van der Waals surface area contributed by atoms with E-state index >= 15 is 0 Å². The minimum atomic E-state index is -3.45. The van der Waals surface area contributed by atoms with Gasteiger partial charge in [-0.3, -0.25) is 0 Å². The van der Waals surface area contributed by atoms with E-state index in [-0.39, 0.29) is 9.88 Å². The van der Waals surface area contributed by atoms with Gasteiger partial charge in [0.15, 0.2) is 0 Å². The third-order valence-electron chi connectivity index (χ3n) is 2.82. The first-order valence-electron chi connectivity index (χ1n) is 6.28. The first-order chi connectivity index (χ1) is 8.88. The molecule has 4 nitrogen and oxygen atoms in total. The summed E-state index contributed by atoms with van der Waals surface area (Å²) in [4.78, 5) is 0.548. The molecule has 0 aliphatic carbocycles. The molecule has 0 bridgehead atoms. The van der Waals surface area contributed by atoms with Gasteiger partial charge in [-0.05, 0) is 31.0 Å². The molecule has 0 fully saturated rings. The van der Waals surface area contributed by atoms with E-state index in [9.17, 15) is 8.42 Å². The van der Waals surface area contributed by atoms with Crippen LogP contribution in [-0.4, -0.2) is 20.0 Å². The van der Waals surface area contributed by atoms with Crippen molar-refractivity contribution < 1.29 is 8.42 Å². The van der Waals surface area contributed by atoms with Crippen molar-refractivity contribution in [1.82, 2.24) is 4.72 Å². The van der Waals surface area contributed by atoms with Crippen LogP contribution in [0.5, 0.6) is 0 Å². The minimum absolute atomic E-state index is 0.267. The van der Waals surface area contributed by atoms with Crippen molar-refractivity contribution in [3.05, 3.63) is 29.3 Å². The van der Waals surface area contributed by atoms with Crippen LogP contribution >= 0.6 is 12.2 Å². The Hall–Kier alpha value is -0.980. The Morgan fingerprint density at radius 2 is 2.05 bits per heavy atom. The molecule has 0 atom stereocenters. The second kappa shape index (κ2) is 6.98. The van der Waals surface area contributed by atoms with E-state index in [4.69, 9.17) is 18.0 Å². The molecule has 0 aliphatic heterocycles. The van der Waals surface area contributed by atoms with Gasteiger partial charge >= 0.3 is 0 Å². The molecule has 0 aromatic heterocycles. The van der Waals surface area contributed by atoms with Gasteiger partial charge in [0.25, 0.3) is 0 Å². The van der Waals surface area contributed by atoms with Crippen molar-refractivity contribution in [2.24, 2.45) is 5.73 Å². The number of nitrogens with two attached hydrogens (primary N) is 1. The molecule has 6 heteroatoms. The molecule has 3 N–H and O–H groups in total. The number of hydrogen-bond acceptors (Lipinski definition) is 3. The molecule has 106 valence electrons. The monoisotopic (exact) mass is 300 g/mol. The predicted octanol–water partition coefficient (Wildman–Crippen LogP) is 2.10. The molecule has 1 aromatic rings. The number of hydrogen-bond donors (Lipinski definition) is 2.